The second kappa shape index (κ2) is 5.53. The van der Waals surface area contributed by atoms with Gasteiger partial charge in [-0.15, -0.1) is 0 Å². The molecule has 0 aliphatic heterocycles. The van der Waals surface area contributed by atoms with Crippen molar-refractivity contribution < 1.29 is 9.53 Å². The number of carbonyl (C=O) groups is 1. The fraction of sp³-hybridized carbons (Fsp3) is 0.364. The third kappa shape index (κ3) is 2.67. The number of ketones is 1. The molecule has 1 aromatic rings. The van der Waals surface area contributed by atoms with E-state index in [1.54, 1.807) is 19.1 Å². The third-order valence-electron chi connectivity index (χ3n) is 2.30. The molecule has 0 aliphatic carbocycles. The van der Waals surface area contributed by atoms with Gasteiger partial charge in [-0.25, -0.2) is 0 Å². The Morgan fingerprint density at radius 3 is 2.56 bits per heavy atom. The molecule has 1 atom stereocenters. The molecule has 16 heavy (non-hydrogen) atoms. The molecule has 0 aromatic heterocycles. The number of ether oxygens (including phenoxy) is 1. The number of benzene rings is 1. The molecule has 5 heteroatoms. The van der Waals surface area contributed by atoms with E-state index in [9.17, 15) is 4.79 Å². The van der Waals surface area contributed by atoms with Crippen molar-refractivity contribution in [2.24, 2.45) is 5.73 Å². The van der Waals surface area contributed by atoms with E-state index in [1.807, 2.05) is 0 Å². The first-order valence-electron chi connectivity index (χ1n) is 4.82. The molecule has 1 aromatic carbocycles. The highest BCUT2D eigenvalue weighted by molar-refractivity contribution is 6.35. The number of nitrogens with two attached hydrogens (primary N) is 1. The first-order valence-corrected chi connectivity index (χ1v) is 5.58. The van der Waals surface area contributed by atoms with Crippen LogP contribution in [-0.2, 0) is 4.79 Å². The van der Waals surface area contributed by atoms with Crippen molar-refractivity contribution in [3.63, 3.8) is 0 Å². The molecule has 0 saturated heterocycles. The van der Waals surface area contributed by atoms with Crippen LogP contribution in [0.15, 0.2) is 12.1 Å². The maximum absolute atomic E-state index is 11.5. The van der Waals surface area contributed by atoms with Gasteiger partial charge in [-0.05, 0) is 11.6 Å². The Kier molecular flexibility index (Phi) is 4.59. The van der Waals surface area contributed by atoms with Gasteiger partial charge < -0.3 is 10.5 Å². The monoisotopic (exact) mass is 261 g/mol. The van der Waals surface area contributed by atoms with Crippen LogP contribution in [0.4, 0.5) is 0 Å². The van der Waals surface area contributed by atoms with Gasteiger partial charge in [-0.3, -0.25) is 4.79 Å². The molecule has 0 saturated carbocycles. The summed E-state index contributed by atoms with van der Waals surface area (Å²) in [6.07, 6.45) is 0.362. The molecular weight excluding hydrogens is 249 g/mol. The van der Waals surface area contributed by atoms with E-state index in [4.69, 9.17) is 33.7 Å². The quantitative estimate of drug-likeness (QED) is 0.907. The largest absolute Gasteiger partial charge is 0.495 e. The zero-order valence-corrected chi connectivity index (χ0v) is 10.6. The van der Waals surface area contributed by atoms with Crippen molar-refractivity contribution in [1.82, 2.24) is 0 Å². The summed E-state index contributed by atoms with van der Waals surface area (Å²) in [5, 5.41) is 0.775. The van der Waals surface area contributed by atoms with Crippen molar-refractivity contribution in [2.45, 2.75) is 19.4 Å². The van der Waals surface area contributed by atoms with Gasteiger partial charge >= 0.3 is 0 Å². The fourth-order valence-electron chi connectivity index (χ4n) is 1.33. The number of halogens is 2. The van der Waals surface area contributed by atoms with E-state index < -0.39 is 6.04 Å². The molecule has 0 amide bonds. The van der Waals surface area contributed by atoms with Gasteiger partial charge in [0.25, 0.3) is 0 Å². The van der Waals surface area contributed by atoms with Crippen LogP contribution in [0.5, 0.6) is 5.75 Å². The molecule has 2 N–H and O–H groups in total. The van der Waals surface area contributed by atoms with Gasteiger partial charge in [0.2, 0.25) is 0 Å². The molecule has 1 rings (SSSR count). The van der Waals surface area contributed by atoms with Gasteiger partial charge in [-0.1, -0.05) is 30.1 Å². The first kappa shape index (κ1) is 13.3. The molecule has 0 heterocycles. The molecular formula is C11H13Cl2NO2. The molecule has 0 bridgehead atoms. The van der Waals surface area contributed by atoms with Crippen molar-refractivity contribution in [3.8, 4) is 5.75 Å². The Morgan fingerprint density at radius 2 is 2.06 bits per heavy atom. The van der Waals surface area contributed by atoms with Crippen molar-refractivity contribution in [2.75, 3.05) is 7.11 Å². The van der Waals surface area contributed by atoms with E-state index in [0.29, 0.717) is 27.8 Å². The number of rotatable bonds is 4. The van der Waals surface area contributed by atoms with Crippen LogP contribution < -0.4 is 10.5 Å². The van der Waals surface area contributed by atoms with Crippen LogP contribution in [0.25, 0.3) is 0 Å². The molecule has 1 unspecified atom stereocenters. The second-order valence-electron chi connectivity index (χ2n) is 3.31. The number of hydrogen-bond acceptors (Lipinski definition) is 3. The SMILES string of the molecule is CCC(=O)C(N)c1cc(Cl)c(OC)cc1Cl. The number of carbonyl (C=O) groups excluding carboxylic acids is 1. The second-order valence-corrected chi connectivity index (χ2v) is 4.12. The zero-order valence-electron chi connectivity index (χ0n) is 9.09. The Balaban J connectivity index is 3.15. The summed E-state index contributed by atoms with van der Waals surface area (Å²) in [5.41, 5.74) is 6.30. The summed E-state index contributed by atoms with van der Waals surface area (Å²) in [4.78, 5) is 11.5. The molecule has 0 radical (unpaired) electrons. The lowest BCUT2D eigenvalue weighted by atomic mass is 10.0. The van der Waals surface area contributed by atoms with Gasteiger partial charge in [0, 0.05) is 17.5 Å². The van der Waals surface area contributed by atoms with Crippen LogP contribution >= 0.6 is 23.2 Å². The van der Waals surface area contributed by atoms with Gasteiger partial charge in [-0.2, -0.15) is 0 Å². The fourth-order valence-corrected chi connectivity index (χ4v) is 1.85. The highest BCUT2D eigenvalue weighted by atomic mass is 35.5. The molecule has 0 fully saturated rings. The predicted octanol–water partition coefficient (Wildman–Crippen LogP) is 2.98. The first-order chi connectivity index (χ1) is 7.51. The van der Waals surface area contributed by atoms with E-state index in [0.717, 1.165) is 0 Å². The van der Waals surface area contributed by atoms with Crippen LogP contribution in [0, 0.1) is 0 Å². The Labute approximate surface area is 104 Å². The van der Waals surface area contributed by atoms with E-state index in [-0.39, 0.29) is 5.78 Å². The molecule has 0 spiro atoms. The molecule has 0 aliphatic rings. The maximum atomic E-state index is 11.5. The summed E-state index contributed by atoms with van der Waals surface area (Å²) in [5.74, 6) is 0.384. The average Bonchev–Trinajstić information content (AvgIpc) is 2.29. The predicted molar refractivity (Wildman–Crippen MR) is 65.2 cm³/mol. The lowest BCUT2D eigenvalue weighted by molar-refractivity contribution is -0.120. The van der Waals surface area contributed by atoms with Crippen LogP contribution in [-0.4, -0.2) is 12.9 Å². The number of Topliss-reactive ketones (excluding diaryl/α,β-unsaturated/α-hetero) is 1. The van der Waals surface area contributed by atoms with Gasteiger partial charge in [0.15, 0.2) is 5.78 Å². The Morgan fingerprint density at radius 1 is 1.44 bits per heavy atom. The summed E-state index contributed by atoms with van der Waals surface area (Å²) in [6, 6.07) is 2.39. The van der Waals surface area contributed by atoms with Crippen LogP contribution in [0.2, 0.25) is 10.0 Å². The maximum Gasteiger partial charge on any atom is 0.153 e. The van der Waals surface area contributed by atoms with Crippen molar-refractivity contribution in [3.05, 3.63) is 27.7 Å². The summed E-state index contributed by atoms with van der Waals surface area (Å²) in [7, 11) is 1.49. The van der Waals surface area contributed by atoms with Gasteiger partial charge in [0.05, 0.1) is 18.2 Å². The lowest BCUT2D eigenvalue weighted by Crippen LogP contribution is -2.20. The van der Waals surface area contributed by atoms with Crippen LogP contribution in [0.3, 0.4) is 0 Å². The summed E-state index contributed by atoms with van der Waals surface area (Å²) < 4.78 is 5.01. The Hall–Kier alpha value is -0.770. The minimum absolute atomic E-state index is 0.0804. The average molecular weight is 262 g/mol. The lowest BCUT2D eigenvalue weighted by Gasteiger charge is -2.13. The minimum Gasteiger partial charge on any atom is -0.495 e. The zero-order chi connectivity index (χ0) is 12.3. The Bertz CT molecular complexity index is 407. The smallest absolute Gasteiger partial charge is 0.153 e. The molecule has 3 nitrogen and oxygen atoms in total. The topological polar surface area (TPSA) is 52.3 Å². The third-order valence-corrected chi connectivity index (χ3v) is 2.92. The normalized spacial score (nSPS) is 12.3. The highest BCUT2D eigenvalue weighted by Gasteiger charge is 2.18. The van der Waals surface area contributed by atoms with Crippen molar-refractivity contribution in [1.29, 1.82) is 0 Å². The van der Waals surface area contributed by atoms with Crippen molar-refractivity contribution >= 4 is 29.0 Å². The van der Waals surface area contributed by atoms with E-state index >= 15 is 0 Å². The minimum atomic E-state index is -0.735. The number of methoxy groups -OCH3 is 1. The number of hydrogen-bond donors (Lipinski definition) is 1. The summed E-state index contributed by atoms with van der Waals surface area (Å²) in [6.45, 7) is 1.75. The standard InChI is InChI=1S/C11H13Cl2NO2/c1-3-9(15)11(14)6-4-8(13)10(16-2)5-7(6)12/h4-5,11H,3,14H2,1-2H3. The van der Waals surface area contributed by atoms with Crippen LogP contribution in [0.1, 0.15) is 24.9 Å². The van der Waals surface area contributed by atoms with E-state index in [2.05, 4.69) is 0 Å². The van der Waals surface area contributed by atoms with E-state index in [1.165, 1.54) is 7.11 Å². The molecule has 88 valence electrons. The van der Waals surface area contributed by atoms with Gasteiger partial charge in [0.1, 0.15) is 5.75 Å². The highest BCUT2D eigenvalue weighted by Crippen LogP contribution is 2.33. The summed E-state index contributed by atoms with van der Waals surface area (Å²) >= 11 is 11.9.